The van der Waals surface area contributed by atoms with E-state index in [1.165, 1.54) is 12.0 Å². The highest BCUT2D eigenvalue weighted by Crippen LogP contribution is 2.40. The summed E-state index contributed by atoms with van der Waals surface area (Å²) < 4.78 is 1.81. The molecule has 3 aromatic rings. The summed E-state index contributed by atoms with van der Waals surface area (Å²) in [6.45, 7) is 5.39. The lowest BCUT2D eigenvalue weighted by molar-refractivity contribution is -0.120. The van der Waals surface area contributed by atoms with Gasteiger partial charge < -0.3 is 10.6 Å². The lowest BCUT2D eigenvalue weighted by Crippen LogP contribution is -2.38. The maximum Gasteiger partial charge on any atom is 0.232 e. The van der Waals surface area contributed by atoms with Gasteiger partial charge in [-0.2, -0.15) is 4.52 Å². The Kier molecular flexibility index (Phi) is 5.90. The normalized spacial score (nSPS) is 14.1. The van der Waals surface area contributed by atoms with Crippen LogP contribution in [0.2, 0.25) is 0 Å². The zero-order valence-corrected chi connectivity index (χ0v) is 18.1. The summed E-state index contributed by atoms with van der Waals surface area (Å²) in [6.07, 6.45) is 8.88. The van der Waals surface area contributed by atoms with Crippen LogP contribution in [0.3, 0.4) is 0 Å². The SMILES string of the molecule is C#CCC(=O)NCC(C)(C)CNc1nn2c(-c3ccccc3)nnc2cc1C1CCC1. The third kappa shape index (κ3) is 4.69. The summed E-state index contributed by atoms with van der Waals surface area (Å²) >= 11 is 0. The van der Waals surface area contributed by atoms with Crippen molar-refractivity contribution in [2.24, 2.45) is 5.41 Å². The number of hydrogen-bond acceptors (Lipinski definition) is 5. The molecule has 0 aliphatic heterocycles. The number of carbonyl (C=O) groups excluding carboxylic acids is 1. The summed E-state index contributed by atoms with van der Waals surface area (Å²) in [5.74, 6) is 4.33. The quantitative estimate of drug-likeness (QED) is 0.548. The highest BCUT2D eigenvalue weighted by Gasteiger charge is 2.26. The van der Waals surface area contributed by atoms with E-state index in [4.69, 9.17) is 11.5 Å². The highest BCUT2D eigenvalue weighted by molar-refractivity contribution is 5.78. The van der Waals surface area contributed by atoms with E-state index in [1.807, 2.05) is 34.8 Å². The standard InChI is InChI=1S/C24H28N6O/c1-4-9-21(31)25-15-24(2,3)16-26-22-19(17-12-8-13-17)14-20-27-28-23(30(20)29-22)18-10-6-5-7-11-18/h1,5-7,10-11,14,17H,8-9,12-13,15-16H2,2-3H3,(H,25,31)(H,26,29). The number of nitrogens with zero attached hydrogens (tertiary/aromatic N) is 4. The molecule has 31 heavy (non-hydrogen) atoms. The summed E-state index contributed by atoms with van der Waals surface area (Å²) in [5.41, 5.74) is 2.75. The number of terminal acetylenes is 1. The molecule has 7 nitrogen and oxygen atoms in total. The number of benzene rings is 1. The van der Waals surface area contributed by atoms with E-state index in [0.29, 0.717) is 19.0 Å². The van der Waals surface area contributed by atoms with E-state index >= 15 is 0 Å². The molecule has 2 aromatic heterocycles. The van der Waals surface area contributed by atoms with Crippen molar-refractivity contribution in [2.45, 2.75) is 45.4 Å². The molecule has 1 fully saturated rings. The molecule has 0 saturated heterocycles. The maximum absolute atomic E-state index is 11.7. The van der Waals surface area contributed by atoms with Gasteiger partial charge in [0.15, 0.2) is 17.3 Å². The Morgan fingerprint density at radius 2 is 2.00 bits per heavy atom. The number of hydrogen-bond donors (Lipinski definition) is 2. The van der Waals surface area contributed by atoms with Crippen molar-refractivity contribution >= 4 is 17.4 Å². The minimum atomic E-state index is -0.173. The molecule has 0 unspecified atom stereocenters. The second kappa shape index (κ2) is 8.76. The first kappa shape index (κ1) is 20.9. The van der Waals surface area contributed by atoms with E-state index in [0.717, 1.165) is 35.7 Å². The maximum atomic E-state index is 11.7. The fraction of sp³-hybridized carbons (Fsp3) is 0.417. The van der Waals surface area contributed by atoms with Gasteiger partial charge in [0.2, 0.25) is 5.91 Å². The van der Waals surface area contributed by atoms with Gasteiger partial charge in [0.25, 0.3) is 0 Å². The molecule has 1 aliphatic carbocycles. The van der Waals surface area contributed by atoms with Crippen LogP contribution in [0, 0.1) is 17.8 Å². The Bertz CT molecular complexity index is 1110. The monoisotopic (exact) mass is 416 g/mol. The van der Waals surface area contributed by atoms with E-state index in [1.54, 1.807) is 0 Å². The van der Waals surface area contributed by atoms with Crippen LogP contribution >= 0.6 is 0 Å². The third-order valence-electron chi connectivity index (χ3n) is 5.76. The van der Waals surface area contributed by atoms with Crippen molar-refractivity contribution in [2.75, 3.05) is 18.4 Å². The fourth-order valence-corrected chi connectivity index (χ4v) is 3.66. The Labute approximate surface area is 182 Å². The second-order valence-corrected chi connectivity index (χ2v) is 8.91. The molecule has 1 amide bonds. The van der Waals surface area contributed by atoms with Crippen LogP contribution in [0.25, 0.3) is 17.0 Å². The minimum Gasteiger partial charge on any atom is -0.368 e. The first-order valence-electron chi connectivity index (χ1n) is 10.7. The molecule has 0 radical (unpaired) electrons. The topological polar surface area (TPSA) is 84.2 Å². The van der Waals surface area contributed by atoms with Crippen LogP contribution in [0.1, 0.15) is 51.0 Å². The Hall–Kier alpha value is -3.40. The lowest BCUT2D eigenvalue weighted by Gasteiger charge is -2.30. The summed E-state index contributed by atoms with van der Waals surface area (Å²) in [4.78, 5) is 11.7. The van der Waals surface area contributed by atoms with Crippen LogP contribution in [-0.4, -0.2) is 38.8 Å². The number of amides is 1. The van der Waals surface area contributed by atoms with Crippen LogP contribution in [0.15, 0.2) is 36.4 Å². The molecule has 1 aromatic carbocycles. The van der Waals surface area contributed by atoms with Crippen LogP contribution in [-0.2, 0) is 4.79 Å². The zero-order chi connectivity index (χ0) is 21.8. The molecule has 0 atom stereocenters. The number of aromatic nitrogens is 4. The van der Waals surface area contributed by atoms with Crippen molar-refractivity contribution in [3.8, 4) is 23.7 Å². The molecule has 2 heterocycles. The summed E-state index contributed by atoms with van der Waals surface area (Å²) in [6, 6.07) is 12.1. The Morgan fingerprint density at radius 1 is 1.23 bits per heavy atom. The van der Waals surface area contributed by atoms with Gasteiger partial charge in [-0.05, 0) is 30.2 Å². The van der Waals surface area contributed by atoms with Crippen molar-refractivity contribution in [1.29, 1.82) is 0 Å². The van der Waals surface area contributed by atoms with Gasteiger partial charge >= 0.3 is 0 Å². The Balaban J connectivity index is 1.59. The first-order chi connectivity index (χ1) is 15.0. The fourth-order valence-electron chi connectivity index (χ4n) is 3.66. The molecule has 1 aliphatic rings. The number of anilines is 1. The van der Waals surface area contributed by atoms with E-state index in [-0.39, 0.29) is 17.7 Å². The second-order valence-electron chi connectivity index (χ2n) is 8.91. The summed E-state index contributed by atoms with van der Waals surface area (Å²) in [5, 5.41) is 20.1. The van der Waals surface area contributed by atoms with Gasteiger partial charge in [0, 0.05) is 24.2 Å². The van der Waals surface area contributed by atoms with E-state index in [2.05, 4.69) is 46.7 Å². The van der Waals surface area contributed by atoms with Crippen molar-refractivity contribution in [3.05, 3.63) is 42.0 Å². The van der Waals surface area contributed by atoms with Crippen molar-refractivity contribution in [3.63, 3.8) is 0 Å². The number of rotatable bonds is 8. The molecule has 7 heteroatoms. The first-order valence-corrected chi connectivity index (χ1v) is 10.7. The predicted molar refractivity (Wildman–Crippen MR) is 122 cm³/mol. The zero-order valence-electron chi connectivity index (χ0n) is 18.1. The van der Waals surface area contributed by atoms with Crippen LogP contribution in [0.5, 0.6) is 0 Å². The van der Waals surface area contributed by atoms with Gasteiger partial charge in [-0.25, -0.2) is 0 Å². The molecule has 160 valence electrons. The van der Waals surface area contributed by atoms with Gasteiger partial charge in [-0.3, -0.25) is 4.79 Å². The third-order valence-corrected chi connectivity index (χ3v) is 5.76. The lowest BCUT2D eigenvalue weighted by atomic mass is 9.80. The molecular weight excluding hydrogens is 388 g/mol. The van der Waals surface area contributed by atoms with E-state index in [9.17, 15) is 4.79 Å². The smallest absolute Gasteiger partial charge is 0.232 e. The van der Waals surface area contributed by atoms with E-state index < -0.39 is 0 Å². The van der Waals surface area contributed by atoms with Gasteiger partial charge in [-0.1, -0.05) is 56.5 Å². The molecule has 1 saturated carbocycles. The molecule has 0 bridgehead atoms. The molecule has 4 rings (SSSR count). The van der Waals surface area contributed by atoms with Crippen LogP contribution < -0.4 is 10.6 Å². The molecule has 2 N–H and O–H groups in total. The average Bonchev–Trinajstić information content (AvgIpc) is 3.13. The van der Waals surface area contributed by atoms with Crippen molar-refractivity contribution < 1.29 is 4.79 Å². The average molecular weight is 417 g/mol. The highest BCUT2D eigenvalue weighted by atomic mass is 16.1. The van der Waals surface area contributed by atoms with Crippen LogP contribution in [0.4, 0.5) is 5.82 Å². The number of nitrogens with one attached hydrogen (secondary N) is 2. The minimum absolute atomic E-state index is 0.101. The number of fused-ring (bicyclic) bond motifs is 1. The van der Waals surface area contributed by atoms with Gasteiger partial charge in [0.05, 0.1) is 6.42 Å². The molecule has 0 spiro atoms. The Morgan fingerprint density at radius 3 is 2.68 bits per heavy atom. The van der Waals surface area contributed by atoms with Crippen molar-refractivity contribution in [1.82, 2.24) is 25.1 Å². The van der Waals surface area contributed by atoms with Gasteiger partial charge in [-0.15, -0.1) is 21.7 Å². The number of carbonyl (C=O) groups is 1. The summed E-state index contributed by atoms with van der Waals surface area (Å²) in [7, 11) is 0. The predicted octanol–water partition coefficient (Wildman–Crippen LogP) is 3.64. The van der Waals surface area contributed by atoms with Gasteiger partial charge in [0.1, 0.15) is 0 Å². The largest absolute Gasteiger partial charge is 0.368 e. The molecular formula is C24H28N6O.